The molecule has 1 aliphatic rings. The number of rotatable bonds is 9. The largest absolute Gasteiger partial charge is 0.384 e. The van der Waals surface area contributed by atoms with Crippen LogP contribution in [0.2, 0.25) is 0 Å². The van der Waals surface area contributed by atoms with Crippen LogP contribution < -0.4 is 15.8 Å². The topological polar surface area (TPSA) is 117 Å². The van der Waals surface area contributed by atoms with Gasteiger partial charge < -0.3 is 16.2 Å². The van der Waals surface area contributed by atoms with E-state index in [1.165, 1.54) is 0 Å². The molecule has 0 amide bonds. The van der Waals surface area contributed by atoms with Crippen LogP contribution in [0.5, 0.6) is 0 Å². The molecular weight excluding hydrogens is 527 g/mol. The Morgan fingerprint density at radius 1 is 1.19 bits per heavy atom. The summed E-state index contributed by atoms with van der Waals surface area (Å²) < 4.78 is 28.6. The highest BCUT2D eigenvalue weighted by atomic mass is 127. The summed E-state index contributed by atoms with van der Waals surface area (Å²) in [6.07, 6.45) is 4.67. The number of dihydropyridines is 1. The Balaban J connectivity index is 1.48. The van der Waals surface area contributed by atoms with Crippen LogP contribution in [0.4, 0.5) is 5.69 Å². The van der Waals surface area contributed by atoms with E-state index in [0.717, 1.165) is 15.6 Å². The van der Waals surface area contributed by atoms with Crippen LogP contribution in [0, 0.1) is 3.57 Å². The fourth-order valence-corrected chi connectivity index (χ4v) is 4.65. The lowest BCUT2D eigenvalue weighted by atomic mass is 9.97. The van der Waals surface area contributed by atoms with Crippen LogP contribution in [-0.4, -0.2) is 44.1 Å². The van der Waals surface area contributed by atoms with E-state index in [-0.39, 0.29) is 17.5 Å². The average molecular weight is 554 g/mol. The van der Waals surface area contributed by atoms with E-state index in [4.69, 9.17) is 5.73 Å². The van der Waals surface area contributed by atoms with Gasteiger partial charge in [-0.15, -0.1) is 0 Å². The number of amidine groups is 1. The van der Waals surface area contributed by atoms with Crippen LogP contribution in [0.3, 0.4) is 0 Å². The van der Waals surface area contributed by atoms with Gasteiger partial charge in [-0.25, -0.2) is 8.42 Å². The van der Waals surface area contributed by atoms with Crippen molar-refractivity contribution >= 4 is 44.1 Å². The maximum atomic E-state index is 12.5. The van der Waals surface area contributed by atoms with Crippen molar-refractivity contribution in [3.8, 4) is 0 Å². The fraction of sp³-hybridized carbons (Fsp3) is 0.318. The number of aliphatic imine (C=N–C) groups is 1. The van der Waals surface area contributed by atoms with Gasteiger partial charge in [0.2, 0.25) is 0 Å². The standard InChI is InChI=1S/C22H27IN4O3S/c1-16(25-13-12-22(28)11-10-21(24)26-15-22)14-17-2-6-19(7-3-17)27-31(29,30)20-8-4-18(23)5-9-20/h2-11,16,25,27-28H,12-15H2,1H3,(H2,24,26). The van der Waals surface area contributed by atoms with Crippen molar-refractivity contribution in [3.63, 3.8) is 0 Å². The van der Waals surface area contributed by atoms with Gasteiger partial charge in [0, 0.05) is 15.3 Å². The molecule has 166 valence electrons. The number of nitrogens with two attached hydrogens (primary N) is 1. The number of anilines is 1. The summed E-state index contributed by atoms with van der Waals surface area (Å²) in [5.74, 6) is 0.440. The van der Waals surface area contributed by atoms with Gasteiger partial charge in [-0.05, 0) is 103 Å². The zero-order valence-electron chi connectivity index (χ0n) is 17.3. The van der Waals surface area contributed by atoms with Crippen molar-refractivity contribution in [1.82, 2.24) is 5.32 Å². The Morgan fingerprint density at radius 2 is 1.87 bits per heavy atom. The molecule has 31 heavy (non-hydrogen) atoms. The zero-order valence-corrected chi connectivity index (χ0v) is 20.2. The predicted octanol–water partition coefficient (Wildman–Crippen LogP) is 2.66. The number of sulfonamides is 1. The van der Waals surface area contributed by atoms with Gasteiger partial charge in [-0.1, -0.05) is 12.1 Å². The molecule has 0 saturated carbocycles. The first-order valence-electron chi connectivity index (χ1n) is 9.97. The van der Waals surface area contributed by atoms with Gasteiger partial charge in [-0.2, -0.15) is 0 Å². The number of hydrogen-bond donors (Lipinski definition) is 4. The van der Waals surface area contributed by atoms with Crippen molar-refractivity contribution in [2.75, 3.05) is 17.8 Å². The Labute approximate surface area is 197 Å². The number of halogens is 1. The molecule has 3 rings (SSSR count). The van der Waals surface area contributed by atoms with Gasteiger partial charge in [0.1, 0.15) is 11.4 Å². The summed E-state index contributed by atoms with van der Waals surface area (Å²) in [7, 11) is -3.61. The normalized spacial score (nSPS) is 19.6. The molecule has 0 spiro atoms. The van der Waals surface area contributed by atoms with Crippen LogP contribution in [0.15, 0.2) is 70.6 Å². The highest BCUT2D eigenvalue weighted by Crippen LogP contribution is 2.19. The van der Waals surface area contributed by atoms with Gasteiger partial charge in [0.15, 0.2) is 0 Å². The van der Waals surface area contributed by atoms with Crippen molar-refractivity contribution in [3.05, 3.63) is 69.8 Å². The maximum Gasteiger partial charge on any atom is 0.261 e. The lowest BCUT2D eigenvalue weighted by molar-refractivity contribution is 0.0891. The van der Waals surface area contributed by atoms with Gasteiger partial charge >= 0.3 is 0 Å². The number of nitrogens with one attached hydrogen (secondary N) is 2. The molecule has 2 atom stereocenters. The molecule has 1 heterocycles. The molecule has 9 heteroatoms. The van der Waals surface area contributed by atoms with E-state index in [0.29, 0.717) is 24.5 Å². The highest BCUT2D eigenvalue weighted by molar-refractivity contribution is 14.1. The second-order valence-electron chi connectivity index (χ2n) is 7.74. The van der Waals surface area contributed by atoms with E-state index >= 15 is 0 Å². The third kappa shape index (κ3) is 7.03. The minimum atomic E-state index is -3.61. The Hall–Kier alpha value is -1.95. The number of aliphatic hydroxyl groups is 1. The van der Waals surface area contributed by atoms with Crippen LogP contribution in [-0.2, 0) is 16.4 Å². The van der Waals surface area contributed by atoms with Crippen molar-refractivity contribution in [2.45, 2.75) is 36.3 Å². The number of hydrogen-bond acceptors (Lipinski definition) is 6. The van der Waals surface area contributed by atoms with E-state index in [1.54, 1.807) is 48.6 Å². The first kappa shape index (κ1) is 23.7. The lowest BCUT2D eigenvalue weighted by Crippen LogP contribution is -2.39. The molecule has 5 N–H and O–H groups in total. The van der Waals surface area contributed by atoms with Gasteiger partial charge in [0.25, 0.3) is 10.0 Å². The zero-order chi connectivity index (χ0) is 22.5. The van der Waals surface area contributed by atoms with Gasteiger partial charge in [0.05, 0.1) is 11.4 Å². The summed E-state index contributed by atoms with van der Waals surface area (Å²) >= 11 is 2.14. The first-order chi connectivity index (χ1) is 14.7. The monoisotopic (exact) mass is 554 g/mol. The Bertz CT molecular complexity index is 1050. The van der Waals surface area contributed by atoms with Crippen LogP contribution >= 0.6 is 22.6 Å². The lowest BCUT2D eigenvalue weighted by Gasteiger charge is -2.26. The summed E-state index contributed by atoms with van der Waals surface area (Å²) in [4.78, 5) is 4.32. The molecule has 0 bridgehead atoms. The van der Waals surface area contributed by atoms with E-state index in [1.807, 2.05) is 12.1 Å². The quantitative estimate of drug-likeness (QED) is 0.356. The van der Waals surface area contributed by atoms with E-state index in [2.05, 4.69) is 44.5 Å². The molecule has 0 radical (unpaired) electrons. The second-order valence-corrected chi connectivity index (χ2v) is 10.7. The molecule has 1 aliphatic heterocycles. The average Bonchev–Trinajstić information content (AvgIpc) is 2.72. The molecule has 0 aliphatic carbocycles. The molecule has 0 fully saturated rings. The van der Waals surface area contributed by atoms with Crippen LogP contribution in [0.1, 0.15) is 18.9 Å². The molecule has 0 saturated heterocycles. The van der Waals surface area contributed by atoms with E-state index in [9.17, 15) is 13.5 Å². The summed E-state index contributed by atoms with van der Waals surface area (Å²) in [5, 5.41) is 13.9. The molecule has 2 aromatic rings. The van der Waals surface area contributed by atoms with E-state index < -0.39 is 15.6 Å². The number of nitrogens with zero attached hydrogens (tertiary/aromatic N) is 1. The third-order valence-electron chi connectivity index (χ3n) is 5.02. The molecule has 2 unspecified atom stereocenters. The summed E-state index contributed by atoms with van der Waals surface area (Å²) in [6.45, 7) is 3.00. The molecular formula is C22H27IN4O3S. The second kappa shape index (κ2) is 10.1. The van der Waals surface area contributed by atoms with Crippen molar-refractivity contribution in [1.29, 1.82) is 0 Å². The van der Waals surface area contributed by atoms with Gasteiger partial charge in [-0.3, -0.25) is 9.71 Å². The summed E-state index contributed by atoms with van der Waals surface area (Å²) in [5.41, 5.74) is 6.25. The third-order valence-corrected chi connectivity index (χ3v) is 7.14. The van der Waals surface area contributed by atoms with Crippen molar-refractivity contribution < 1.29 is 13.5 Å². The molecule has 0 aromatic heterocycles. The SMILES string of the molecule is CC(Cc1ccc(NS(=O)(=O)c2ccc(I)cc2)cc1)NCCC1(O)C=CC(N)=NC1. The first-order valence-corrected chi connectivity index (χ1v) is 12.5. The van der Waals surface area contributed by atoms with Crippen molar-refractivity contribution in [2.24, 2.45) is 10.7 Å². The number of benzene rings is 2. The summed E-state index contributed by atoms with van der Waals surface area (Å²) in [6, 6.07) is 14.3. The fourth-order valence-electron chi connectivity index (χ4n) is 3.23. The minimum Gasteiger partial charge on any atom is -0.384 e. The molecule has 2 aromatic carbocycles. The Morgan fingerprint density at radius 3 is 2.48 bits per heavy atom. The Kier molecular flexibility index (Phi) is 7.73. The smallest absolute Gasteiger partial charge is 0.261 e. The minimum absolute atomic E-state index is 0.194. The van der Waals surface area contributed by atoms with Crippen LogP contribution in [0.25, 0.3) is 0 Å². The highest BCUT2D eigenvalue weighted by Gasteiger charge is 2.25. The predicted molar refractivity (Wildman–Crippen MR) is 133 cm³/mol. The molecule has 7 nitrogen and oxygen atoms in total. The maximum absolute atomic E-state index is 12.5.